The third-order valence-corrected chi connectivity index (χ3v) is 3.16. The average molecular weight is 211 g/mol. The lowest BCUT2D eigenvalue weighted by molar-refractivity contribution is 0.335. The monoisotopic (exact) mass is 211 g/mol. The molecule has 1 saturated heterocycles. The second kappa shape index (κ2) is 9.17. The van der Waals surface area contributed by atoms with Crippen molar-refractivity contribution in [2.45, 2.75) is 44.9 Å². The molecule has 0 aromatic carbocycles. The average Bonchev–Trinajstić information content (AvgIpc) is 2.75. The van der Waals surface area contributed by atoms with E-state index in [2.05, 4.69) is 17.1 Å². The highest BCUT2D eigenvalue weighted by Gasteiger charge is 2.09. The molecule has 0 aromatic rings. The molecular weight excluding hydrogens is 184 g/mol. The van der Waals surface area contributed by atoms with E-state index >= 15 is 0 Å². The van der Waals surface area contributed by atoms with Gasteiger partial charge in [0.1, 0.15) is 0 Å². The summed E-state index contributed by atoms with van der Waals surface area (Å²) in [7, 11) is 0. The Bertz CT molecular complexity index is 130. The lowest BCUT2D eigenvalue weighted by atomic mass is 10.1. The van der Waals surface area contributed by atoms with E-state index in [1.165, 1.54) is 71.2 Å². The highest BCUT2D eigenvalue weighted by Crippen LogP contribution is 2.05. The maximum absolute atomic E-state index is 3.86. The summed E-state index contributed by atoms with van der Waals surface area (Å²) in [6.07, 6.45) is 9.27. The number of likely N-dealkylation sites (tertiary alicyclic amines) is 1. The van der Waals surface area contributed by atoms with Gasteiger partial charge in [0.05, 0.1) is 0 Å². The smallest absolute Gasteiger partial charge is 0.0107 e. The molecule has 0 aliphatic carbocycles. The maximum Gasteiger partial charge on any atom is 0.0107 e. The Morgan fingerprint density at radius 1 is 0.933 bits per heavy atom. The highest BCUT2D eigenvalue weighted by molar-refractivity contribution is 4.66. The Labute approximate surface area is 95.4 Å². The van der Waals surface area contributed by atoms with Gasteiger partial charge in [-0.1, -0.05) is 32.6 Å². The molecular formula is C13H27N2. The summed E-state index contributed by atoms with van der Waals surface area (Å²) in [5.74, 6) is 0. The minimum absolute atomic E-state index is 1.10. The van der Waals surface area contributed by atoms with Gasteiger partial charge in [0.15, 0.2) is 0 Å². The van der Waals surface area contributed by atoms with Crippen molar-refractivity contribution in [3.8, 4) is 0 Å². The van der Waals surface area contributed by atoms with Crippen molar-refractivity contribution < 1.29 is 0 Å². The fraction of sp³-hybridized carbons (Fsp3) is 0.923. The van der Waals surface area contributed by atoms with Crippen LogP contribution in [0.4, 0.5) is 0 Å². The first kappa shape index (κ1) is 13.0. The van der Waals surface area contributed by atoms with E-state index in [0.29, 0.717) is 0 Å². The van der Waals surface area contributed by atoms with Crippen LogP contribution in [0.5, 0.6) is 0 Å². The molecule has 1 aliphatic heterocycles. The van der Waals surface area contributed by atoms with Gasteiger partial charge in [0.2, 0.25) is 0 Å². The third kappa shape index (κ3) is 6.91. The van der Waals surface area contributed by atoms with Gasteiger partial charge in [0.25, 0.3) is 0 Å². The summed E-state index contributed by atoms with van der Waals surface area (Å²) in [5, 5.41) is 3.53. The van der Waals surface area contributed by atoms with Gasteiger partial charge in [-0.25, -0.2) is 0 Å². The van der Waals surface area contributed by atoms with Crippen molar-refractivity contribution in [2.24, 2.45) is 0 Å². The Morgan fingerprint density at radius 3 is 2.40 bits per heavy atom. The molecule has 1 aliphatic rings. The molecule has 1 heterocycles. The predicted molar refractivity (Wildman–Crippen MR) is 67.0 cm³/mol. The molecule has 0 saturated carbocycles. The Morgan fingerprint density at radius 2 is 1.67 bits per heavy atom. The topological polar surface area (TPSA) is 15.3 Å². The number of hydrogen-bond acceptors (Lipinski definition) is 2. The van der Waals surface area contributed by atoms with Crippen LogP contribution in [0, 0.1) is 6.92 Å². The van der Waals surface area contributed by atoms with E-state index in [1.807, 2.05) is 0 Å². The molecule has 89 valence electrons. The molecule has 0 amide bonds. The molecule has 0 bridgehead atoms. The van der Waals surface area contributed by atoms with Crippen molar-refractivity contribution in [1.29, 1.82) is 0 Å². The molecule has 0 aromatic heterocycles. The molecule has 2 heteroatoms. The van der Waals surface area contributed by atoms with Crippen LogP contribution in [0.15, 0.2) is 0 Å². The van der Waals surface area contributed by atoms with Crippen LogP contribution in [0.1, 0.15) is 44.9 Å². The van der Waals surface area contributed by atoms with E-state index in [4.69, 9.17) is 0 Å². The number of rotatable bonds is 9. The summed E-state index contributed by atoms with van der Waals surface area (Å²) in [5.41, 5.74) is 0. The number of nitrogens with one attached hydrogen (secondary N) is 1. The second-order valence-electron chi connectivity index (χ2n) is 4.57. The number of nitrogens with zero attached hydrogens (tertiary/aromatic N) is 1. The Balaban J connectivity index is 1.73. The lowest BCUT2D eigenvalue weighted by Crippen LogP contribution is -2.30. The van der Waals surface area contributed by atoms with Crippen LogP contribution in [0.2, 0.25) is 0 Å². The molecule has 0 atom stereocenters. The Hall–Kier alpha value is -0.0800. The third-order valence-electron chi connectivity index (χ3n) is 3.16. The van der Waals surface area contributed by atoms with E-state index in [0.717, 1.165) is 6.42 Å². The first-order valence-corrected chi connectivity index (χ1v) is 6.66. The van der Waals surface area contributed by atoms with Gasteiger partial charge in [-0.3, -0.25) is 0 Å². The molecule has 0 unspecified atom stereocenters. The molecule has 15 heavy (non-hydrogen) atoms. The number of hydrogen-bond donors (Lipinski definition) is 1. The molecule has 0 spiro atoms. The molecule has 1 fully saturated rings. The summed E-state index contributed by atoms with van der Waals surface area (Å²) >= 11 is 0. The van der Waals surface area contributed by atoms with Crippen LogP contribution in [0.3, 0.4) is 0 Å². The second-order valence-corrected chi connectivity index (χ2v) is 4.57. The molecule has 2 nitrogen and oxygen atoms in total. The standard InChI is InChI=1S/C13H27N2/c1-2-3-4-5-6-9-14-10-13-15-11-7-8-12-15/h14H,1-13H2. The largest absolute Gasteiger partial charge is 0.315 e. The summed E-state index contributed by atoms with van der Waals surface area (Å²) in [6, 6.07) is 0. The molecule has 1 N–H and O–H groups in total. The van der Waals surface area contributed by atoms with Gasteiger partial charge >= 0.3 is 0 Å². The first-order chi connectivity index (χ1) is 7.43. The van der Waals surface area contributed by atoms with Gasteiger partial charge < -0.3 is 10.2 Å². The van der Waals surface area contributed by atoms with E-state index in [1.54, 1.807) is 0 Å². The highest BCUT2D eigenvalue weighted by atomic mass is 15.1. The lowest BCUT2D eigenvalue weighted by Gasteiger charge is -2.14. The van der Waals surface area contributed by atoms with Crippen molar-refractivity contribution in [2.75, 3.05) is 32.7 Å². The van der Waals surface area contributed by atoms with E-state index in [9.17, 15) is 0 Å². The fourth-order valence-electron chi connectivity index (χ4n) is 2.15. The van der Waals surface area contributed by atoms with Crippen LogP contribution < -0.4 is 5.32 Å². The quantitative estimate of drug-likeness (QED) is 0.589. The zero-order valence-corrected chi connectivity index (χ0v) is 10.1. The minimum atomic E-state index is 1.10. The van der Waals surface area contributed by atoms with Crippen LogP contribution in [-0.2, 0) is 0 Å². The molecule has 1 rings (SSSR count). The van der Waals surface area contributed by atoms with Gasteiger partial charge in [0, 0.05) is 13.1 Å². The van der Waals surface area contributed by atoms with Crippen LogP contribution in [-0.4, -0.2) is 37.6 Å². The van der Waals surface area contributed by atoms with Gasteiger partial charge in [-0.2, -0.15) is 0 Å². The van der Waals surface area contributed by atoms with Crippen LogP contribution >= 0.6 is 0 Å². The number of unbranched alkanes of at least 4 members (excludes halogenated alkanes) is 4. The maximum atomic E-state index is 3.86. The zero-order chi connectivity index (χ0) is 10.8. The zero-order valence-electron chi connectivity index (χ0n) is 10.1. The van der Waals surface area contributed by atoms with E-state index in [-0.39, 0.29) is 0 Å². The summed E-state index contributed by atoms with van der Waals surface area (Å²) < 4.78 is 0. The van der Waals surface area contributed by atoms with E-state index < -0.39 is 0 Å². The normalized spacial score (nSPS) is 17.4. The first-order valence-electron chi connectivity index (χ1n) is 6.66. The van der Waals surface area contributed by atoms with Crippen molar-refractivity contribution in [1.82, 2.24) is 10.2 Å². The summed E-state index contributed by atoms with van der Waals surface area (Å²) in [4.78, 5) is 2.57. The van der Waals surface area contributed by atoms with Crippen molar-refractivity contribution in [3.63, 3.8) is 0 Å². The van der Waals surface area contributed by atoms with Crippen molar-refractivity contribution >= 4 is 0 Å². The predicted octanol–water partition coefficient (Wildman–Crippen LogP) is 2.46. The van der Waals surface area contributed by atoms with Gasteiger partial charge in [-0.15, -0.1) is 0 Å². The van der Waals surface area contributed by atoms with Crippen LogP contribution in [0.25, 0.3) is 0 Å². The summed E-state index contributed by atoms with van der Waals surface area (Å²) in [6.45, 7) is 10.1. The Kier molecular flexibility index (Phi) is 7.94. The van der Waals surface area contributed by atoms with Gasteiger partial charge in [-0.05, 0) is 38.9 Å². The fourth-order valence-corrected chi connectivity index (χ4v) is 2.15. The SMILES string of the molecule is [CH2]CCCCCCNCCN1CCCC1. The van der Waals surface area contributed by atoms with Crippen molar-refractivity contribution in [3.05, 3.63) is 6.92 Å². The minimum Gasteiger partial charge on any atom is -0.315 e. The molecule has 1 radical (unpaired) electrons.